The molecule has 4 rings (SSSR count). The van der Waals surface area contributed by atoms with Crippen LogP contribution < -0.4 is 34.2 Å². The first kappa shape index (κ1) is 33.4. The van der Waals surface area contributed by atoms with Gasteiger partial charge in [-0.05, 0) is 95.8 Å². The Kier molecular flexibility index (Phi) is 13.2. The second-order valence-corrected chi connectivity index (χ2v) is 11.7. The maximum Gasteiger partial charge on any atom is 1.00 e. The van der Waals surface area contributed by atoms with Crippen molar-refractivity contribution in [1.82, 2.24) is 5.32 Å². The Morgan fingerprint density at radius 3 is 2.14 bits per heavy atom. The molecule has 0 saturated carbocycles. The molecule has 0 aromatic heterocycles. The number of aliphatic carboxylic acids is 1. The molecule has 42 heavy (non-hydrogen) atoms. The Hall–Kier alpha value is -3.08. The number of hydrogen-bond donors (Lipinski definition) is 1. The van der Waals surface area contributed by atoms with Gasteiger partial charge >= 0.3 is 18.9 Å². The maximum absolute atomic E-state index is 13.5. The zero-order valence-electron chi connectivity index (χ0n) is 24.6. The van der Waals surface area contributed by atoms with Gasteiger partial charge in [0, 0.05) is 29.2 Å². The quantitative estimate of drug-likeness (QED) is 0.191. The van der Waals surface area contributed by atoms with E-state index in [9.17, 15) is 14.7 Å². The van der Waals surface area contributed by atoms with E-state index < -0.39 is 17.9 Å². The summed E-state index contributed by atoms with van der Waals surface area (Å²) < 4.78 is 0. The summed E-state index contributed by atoms with van der Waals surface area (Å²) in [6, 6.07) is 31.6. The minimum atomic E-state index is -1.27. The van der Waals surface area contributed by atoms with Gasteiger partial charge in [-0.2, -0.15) is 11.8 Å². The number of carbonyl (C=O) groups excluding carboxylic acids is 2. The molecule has 0 bridgehead atoms. The van der Waals surface area contributed by atoms with E-state index in [-0.39, 0.29) is 18.9 Å². The number of benzene rings is 4. The summed E-state index contributed by atoms with van der Waals surface area (Å²) in [4.78, 5) is 28.7. The van der Waals surface area contributed by atoms with Crippen molar-refractivity contribution in [2.24, 2.45) is 0 Å². The molecule has 8 heteroatoms. The number of anilines is 1. The van der Waals surface area contributed by atoms with Gasteiger partial charge in [0.25, 0.3) is 5.91 Å². The van der Waals surface area contributed by atoms with Crippen molar-refractivity contribution in [1.29, 1.82) is 0 Å². The fourth-order valence-corrected chi connectivity index (χ4v) is 5.64. The third-order valence-electron chi connectivity index (χ3n) is 6.99. The SMILES string of the molecule is CSCCC(NC(=O)c1ccc(CN(Cc2ccccc2)c2ccc(SC)cc2)cc1-c1ccccc1C)C(=O)[O-].[Li+]. The van der Waals surface area contributed by atoms with E-state index in [1.807, 2.05) is 67.8 Å². The van der Waals surface area contributed by atoms with Crippen LogP contribution in [0.15, 0.2) is 102 Å². The first-order valence-corrected chi connectivity index (χ1v) is 16.1. The van der Waals surface area contributed by atoms with Gasteiger partial charge < -0.3 is 20.1 Å². The van der Waals surface area contributed by atoms with Crippen molar-refractivity contribution in [2.75, 3.05) is 23.2 Å². The number of amides is 1. The van der Waals surface area contributed by atoms with E-state index in [1.165, 1.54) is 22.2 Å². The number of nitrogens with zero attached hydrogens (tertiary/aromatic N) is 1. The van der Waals surface area contributed by atoms with Gasteiger partial charge in [0.15, 0.2) is 0 Å². The third-order valence-corrected chi connectivity index (χ3v) is 8.38. The van der Waals surface area contributed by atoms with Gasteiger partial charge in [0.2, 0.25) is 0 Å². The Balaban J connectivity index is 0.00000484. The molecular formula is C34H35LiN2O3S2. The molecule has 4 aromatic carbocycles. The summed E-state index contributed by atoms with van der Waals surface area (Å²) in [5.41, 5.74) is 6.55. The number of thioether (sulfide) groups is 2. The Labute approximate surface area is 269 Å². The molecule has 0 radical (unpaired) electrons. The predicted octanol–water partition coefficient (Wildman–Crippen LogP) is 3.20. The van der Waals surface area contributed by atoms with Gasteiger partial charge in [-0.3, -0.25) is 4.79 Å². The average Bonchev–Trinajstić information content (AvgIpc) is 2.99. The van der Waals surface area contributed by atoms with Crippen molar-refractivity contribution < 1.29 is 33.6 Å². The normalized spacial score (nSPS) is 11.3. The fraction of sp³-hybridized carbons (Fsp3) is 0.235. The van der Waals surface area contributed by atoms with E-state index in [4.69, 9.17) is 0 Å². The van der Waals surface area contributed by atoms with Crippen LogP contribution in [-0.4, -0.2) is 36.2 Å². The summed E-state index contributed by atoms with van der Waals surface area (Å²) in [6.07, 6.45) is 4.28. The second kappa shape index (κ2) is 16.5. The zero-order valence-corrected chi connectivity index (χ0v) is 26.3. The summed E-state index contributed by atoms with van der Waals surface area (Å²) in [5, 5.41) is 14.4. The van der Waals surface area contributed by atoms with E-state index in [1.54, 1.807) is 11.8 Å². The molecule has 0 spiro atoms. The van der Waals surface area contributed by atoms with Crippen molar-refractivity contribution in [3.8, 4) is 11.1 Å². The Morgan fingerprint density at radius 1 is 0.833 bits per heavy atom. The molecule has 0 aliphatic heterocycles. The van der Waals surface area contributed by atoms with Crippen LogP contribution in [0.25, 0.3) is 11.1 Å². The first-order chi connectivity index (χ1) is 19.9. The monoisotopic (exact) mass is 590 g/mol. The van der Waals surface area contributed by atoms with Gasteiger partial charge in [0.1, 0.15) is 0 Å². The van der Waals surface area contributed by atoms with Crippen LogP contribution in [0.1, 0.15) is 33.5 Å². The molecule has 1 N–H and O–H groups in total. The second-order valence-electron chi connectivity index (χ2n) is 9.86. The van der Waals surface area contributed by atoms with Crippen molar-refractivity contribution in [3.63, 3.8) is 0 Å². The summed E-state index contributed by atoms with van der Waals surface area (Å²) in [7, 11) is 0. The number of carboxylic acids is 1. The van der Waals surface area contributed by atoms with Gasteiger partial charge in [-0.25, -0.2) is 0 Å². The van der Waals surface area contributed by atoms with E-state index in [0.717, 1.165) is 34.5 Å². The van der Waals surface area contributed by atoms with E-state index in [0.29, 0.717) is 24.3 Å². The van der Waals surface area contributed by atoms with Crippen LogP contribution in [0.5, 0.6) is 0 Å². The largest absolute Gasteiger partial charge is 1.00 e. The van der Waals surface area contributed by atoms with E-state index >= 15 is 0 Å². The molecule has 0 fully saturated rings. The topological polar surface area (TPSA) is 72.5 Å². The Morgan fingerprint density at radius 2 is 1.50 bits per heavy atom. The standard InChI is InChI=1S/C34H36N2O3S2.Li/c1-24-9-7-8-12-29(24)31-21-26(13-18-30(31)33(37)35-32(34(38)39)19-20-40-2)23-36(22-25-10-5-4-6-11-25)27-14-16-28(41-3)17-15-27;/h4-18,21,32H,19-20,22-23H2,1-3H3,(H,35,37)(H,38,39);/q;+1/p-1. The molecule has 212 valence electrons. The molecule has 0 heterocycles. The minimum Gasteiger partial charge on any atom is -0.548 e. The van der Waals surface area contributed by atoms with Crippen LogP contribution >= 0.6 is 23.5 Å². The first-order valence-electron chi connectivity index (χ1n) is 13.5. The number of carboxylic acid groups (broad SMARTS) is 1. The minimum absolute atomic E-state index is 0. The molecule has 1 amide bonds. The van der Waals surface area contributed by atoms with Gasteiger partial charge in [-0.15, -0.1) is 11.8 Å². The molecule has 0 saturated heterocycles. The average molecular weight is 591 g/mol. The number of aryl methyl sites for hydroxylation is 1. The number of hydrogen-bond acceptors (Lipinski definition) is 6. The molecule has 0 aliphatic rings. The Bertz CT molecular complexity index is 1470. The zero-order chi connectivity index (χ0) is 29.2. The molecular weight excluding hydrogens is 555 g/mol. The summed E-state index contributed by atoms with van der Waals surface area (Å²) in [5.74, 6) is -1.08. The van der Waals surface area contributed by atoms with Crippen LogP contribution in [0, 0.1) is 6.92 Å². The molecule has 4 aromatic rings. The van der Waals surface area contributed by atoms with Crippen LogP contribution in [0.2, 0.25) is 0 Å². The molecule has 1 atom stereocenters. The third kappa shape index (κ3) is 8.96. The number of nitrogens with one attached hydrogen (secondary N) is 1. The maximum atomic E-state index is 13.5. The van der Waals surface area contributed by atoms with E-state index in [2.05, 4.69) is 58.9 Å². The van der Waals surface area contributed by atoms with Gasteiger partial charge in [0.05, 0.1) is 12.0 Å². The molecule has 5 nitrogen and oxygen atoms in total. The predicted molar refractivity (Wildman–Crippen MR) is 170 cm³/mol. The van der Waals surface area contributed by atoms with Crippen molar-refractivity contribution in [3.05, 3.63) is 119 Å². The van der Waals surface area contributed by atoms with Crippen LogP contribution in [0.3, 0.4) is 0 Å². The summed E-state index contributed by atoms with van der Waals surface area (Å²) in [6.45, 7) is 3.37. The molecule has 1 unspecified atom stereocenters. The number of carbonyl (C=O) groups is 2. The molecule has 0 aliphatic carbocycles. The van der Waals surface area contributed by atoms with Crippen molar-refractivity contribution in [2.45, 2.75) is 37.4 Å². The van der Waals surface area contributed by atoms with Crippen LogP contribution in [0.4, 0.5) is 5.69 Å². The van der Waals surface area contributed by atoms with Gasteiger partial charge in [-0.1, -0.05) is 60.7 Å². The fourth-order valence-electron chi connectivity index (χ4n) is 4.76. The summed E-state index contributed by atoms with van der Waals surface area (Å²) >= 11 is 3.25. The smallest absolute Gasteiger partial charge is 0.548 e. The van der Waals surface area contributed by atoms with Crippen molar-refractivity contribution >= 4 is 41.1 Å². The van der Waals surface area contributed by atoms with Crippen LogP contribution in [-0.2, 0) is 17.9 Å². The number of rotatable bonds is 13.